The molecule has 1 heterocycles. The molecule has 0 spiro atoms. The third kappa shape index (κ3) is 6.10. The smallest absolute Gasteiger partial charge is 0.311 e. The molecule has 3 aromatic carbocycles. The quantitative estimate of drug-likeness (QED) is 0.428. The predicted octanol–water partition coefficient (Wildman–Crippen LogP) is 5.45. The van der Waals surface area contributed by atoms with Crippen LogP contribution in [0.25, 0.3) is 0 Å². The van der Waals surface area contributed by atoms with E-state index in [4.69, 9.17) is 9.47 Å². The highest BCUT2D eigenvalue weighted by Crippen LogP contribution is 2.33. The number of aryl methyl sites for hydroxylation is 1. The van der Waals surface area contributed by atoms with E-state index in [0.717, 1.165) is 16.9 Å². The van der Waals surface area contributed by atoms with E-state index in [1.165, 1.54) is 0 Å². The van der Waals surface area contributed by atoms with E-state index in [2.05, 4.69) is 31.3 Å². The monoisotopic (exact) mass is 486 g/mol. The summed E-state index contributed by atoms with van der Waals surface area (Å²) < 4.78 is 11.3. The highest BCUT2D eigenvalue weighted by atomic mass is 16.5. The first-order chi connectivity index (χ1) is 17.3. The summed E-state index contributed by atoms with van der Waals surface area (Å²) >= 11 is 0. The van der Waals surface area contributed by atoms with E-state index >= 15 is 0 Å². The molecule has 1 saturated heterocycles. The fraction of sp³-hybridized carbons (Fsp3) is 0.276. The lowest BCUT2D eigenvalue weighted by molar-refractivity contribution is -0.151. The van der Waals surface area contributed by atoms with Crippen molar-refractivity contribution in [3.8, 4) is 11.5 Å². The number of carbonyl (C=O) groups is 3. The number of para-hydroxylation sites is 1. The van der Waals surface area contributed by atoms with Crippen LogP contribution in [0.15, 0.2) is 72.8 Å². The van der Waals surface area contributed by atoms with E-state index in [1.54, 1.807) is 41.3 Å². The van der Waals surface area contributed by atoms with Gasteiger partial charge in [0.05, 0.1) is 5.92 Å². The SMILES string of the molecule is Cc1ccc(C(C)C)c(Oc2ccc(N3C[C@H](C(=O)OCC(=O)Nc4ccccc4)CC3=O)cc2)c1. The van der Waals surface area contributed by atoms with Crippen LogP contribution < -0.4 is 15.0 Å². The molecule has 186 valence electrons. The van der Waals surface area contributed by atoms with Crippen LogP contribution in [0.3, 0.4) is 0 Å². The van der Waals surface area contributed by atoms with E-state index in [1.807, 2.05) is 31.2 Å². The molecule has 7 heteroatoms. The molecule has 1 fully saturated rings. The summed E-state index contributed by atoms with van der Waals surface area (Å²) in [5.74, 6) is 0.0183. The minimum Gasteiger partial charge on any atom is -0.457 e. The Labute approximate surface area is 211 Å². The summed E-state index contributed by atoms with van der Waals surface area (Å²) in [6.07, 6.45) is 0.0401. The third-order valence-corrected chi connectivity index (χ3v) is 6.03. The summed E-state index contributed by atoms with van der Waals surface area (Å²) in [5.41, 5.74) is 3.54. The number of amides is 2. The average molecular weight is 487 g/mol. The molecule has 0 bridgehead atoms. The first kappa shape index (κ1) is 25.0. The molecule has 0 unspecified atom stereocenters. The van der Waals surface area contributed by atoms with Gasteiger partial charge in [-0.15, -0.1) is 0 Å². The summed E-state index contributed by atoms with van der Waals surface area (Å²) in [6, 6.07) is 22.3. The number of rotatable bonds is 8. The van der Waals surface area contributed by atoms with Crippen LogP contribution in [0.5, 0.6) is 11.5 Å². The van der Waals surface area contributed by atoms with Crippen LogP contribution in [0, 0.1) is 12.8 Å². The lowest BCUT2D eigenvalue weighted by Gasteiger charge is -2.18. The molecule has 36 heavy (non-hydrogen) atoms. The van der Waals surface area contributed by atoms with Gasteiger partial charge in [-0.3, -0.25) is 14.4 Å². The fourth-order valence-electron chi connectivity index (χ4n) is 4.12. The molecular weight excluding hydrogens is 456 g/mol. The van der Waals surface area contributed by atoms with Gasteiger partial charge in [0.15, 0.2) is 6.61 Å². The number of benzene rings is 3. The standard InChI is InChI=1S/C29H30N2O5/c1-19(2)25-14-9-20(3)15-26(25)36-24-12-10-23(11-13-24)31-17-21(16-28(31)33)29(34)35-18-27(32)30-22-7-5-4-6-8-22/h4-15,19,21H,16-18H2,1-3H3,(H,30,32)/t21-/m1/s1. The first-order valence-electron chi connectivity index (χ1n) is 12.0. The zero-order chi connectivity index (χ0) is 25.7. The molecule has 0 radical (unpaired) electrons. The van der Waals surface area contributed by atoms with Crippen LogP contribution in [0.1, 0.15) is 37.3 Å². The van der Waals surface area contributed by atoms with Gasteiger partial charge >= 0.3 is 5.97 Å². The molecule has 1 atom stereocenters. The Hall–Kier alpha value is -4.13. The highest BCUT2D eigenvalue weighted by Gasteiger charge is 2.36. The van der Waals surface area contributed by atoms with Crippen LogP contribution >= 0.6 is 0 Å². The normalized spacial score (nSPS) is 15.2. The Balaban J connectivity index is 1.33. The molecule has 0 saturated carbocycles. The van der Waals surface area contributed by atoms with E-state index in [9.17, 15) is 14.4 Å². The van der Waals surface area contributed by atoms with Crippen LogP contribution in [0.4, 0.5) is 11.4 Å². The number of carbonyl (C=O) groups excluding carboxylic acids is 3. The number of nitrogens with one attached hydrogen (secondary N) is 1. The Morgan fingerprint density at radius 3 is 2.44 bits per heavy atom. The highest BCUT2D eigenvalue weighted by molar-refractivity contribution is 6.00. The van der Waals surface area contributed by atoms with Crippen molar-refractivity contribution >= 4 is 29.2 Å². The predicted molar refractivity (Wildman–Crippen MR) is 138 cm³/mol. The van der Waals surface area contributed by atoms with Gasteiger partial charge in [-0.1, -0.05) is 44.2 Å². The second kappa shape index (κ2) is 11.1. The maximum absolute atomic E-state index is 12.6. The summed E-state index contributed by atoms with van der Waals surface area (Å²) in [5, 5.41) is 2.66. The van der Waals surface area contributed by atoms with Crippen LogP contribution in [0.2, 0.25) is 0 Å². The van der Waals surface area contributed by atoms with E-state index in [-0.39, 0.29) is 18.9 Å². The van der Waals surface area contributed by atoms with Crippen molar-refractivity contribution in [3.63, 3.8) is 0 Å². The molecule has 7 nitrogen and oxygen atoms in total. The number of esters is 1. The molecule has 0 aliphatic carbocycles. The largest absolute Gasteiger partial charge is 0.457 e. The van der Waals surface area contributed by atoms with E-state index < -0.39 is 24.4 Å². The number of ether oxygens (including phenoxy) is 2. The average Bonchev–Trinajstić information content (AvgIpc) is 3.25. The molecule has 1 aliphatic heterocycles. The lowest BCUT2D eigenvalue weighted by Crippen LogP contribution is -2.28. The van der Waals surface area contributed by atoms with Crippen molar-refractivity contribution in [1.82, 2.24) is 0 Å². The van der Waals surface area contributed by atoms with Crippen molar-refractivity contribution in [3.05, 3.63) is 83.9 Å². The van der Waals surface area contributed by atoms with Gasteiger partial charge < -0.3 is 19.7 Å². The van der Waals surface area contributed by atoms with Crippen molar-refractivity contribution in [1.29, 1.82) is 0 Å². The Morgan fingerprint density at radius 2 is 1.75 bits per heavy atom. The molecular formula is C29H30N2O5. The summed E-state index contributed by atoms with van der Waals surface area (Å²) in [4.78, 5) is 38.7. The van der Waals surface area contributed by atoms with Crippen molar-refractivity contribution < 1.29 is 23.9 Å². The van der Waals surface area contributed by atoms with E-state index in [0.29, 0.717) is 23.0 Å². The van der Waals surface area contributed by atoms with Crippen LogP contribution in [-0.2, 0) is 19.1 Å². The number of nitrogens with zero attached hydrogens (tertiary/aromatic N) is 1. The zero-order valence-corrected chi connectivity index (χ0v) is 20.7. The van der Waals surface area contributed by atoms with Gasteiger partial charge in [-0.05, 0) is 66.4 Å². The second-order valence-electron chi connectivity index (χ2n) is 9.22. The number of hydrogen-bond donors (Lipinski definition) is 1. The zero-order valence-electron chi connectivity index (χ0n) is 20.7. The maximum Gasteiger partial charge on any atom is 0.311 e. The van der Waals surface area contributed by atoms with Gasteiger partial charge in [-0.2, -0.15) is 0 Å². The van der Waals surface area contributed by atoms with Crippen molar-refractivity contribution in [2.24, 2.45) is 5.92 Å². The molecule has 1 N–H and O–H groups in total. The molecule has 1 aliphatic rings. The minimum absolute atomic E-state index is 0.0401. The van der Waals surface area contributed by atoms with Gasteiger partial charge in [0.25, 0.3) is 5.91 Å². The van der Waals surface area contributed by atoms with Crippen molar-refractivity contribution in [2.45, 2.75) is 33.1 Å². The van der Waals surface area contributed by atoms with Crippen LogP contribution in [-0.4, -0.2) is 30.9 Å². The molecule has 0 aromatic heterocycles. The first-order valence-corrected chi connectivity index (χ1v) is 12.0. The summed E-state index contributed by atoms with van der Waals surface area (Å²) in [7, 11) is 0. The number of anilines is 2. The lowest BCUT2D eigenvalue weighted by atomic mass is 10.0. The summed E-state index contributed by atoms with van der Waals surface area (Å²) in [6.45, 7) is 6.07. The number of hydrogen-bond acceptors (Lipinski definition) is 5. The van der Waals surface area contributed by atoms with Crippen molar-refractivity contribution in [2.75, 3.05) is 23.4 Å². The second-order valence-corrected chi connectivity index (χ2v) is 9.22. The van der Waals surface area contributed by atoms with Gasteiger partial charge in [0.1, 0.15) is 11.5 Å². The Bertz CT molecular complexity index is 1240. The Kier molecular flexibility index (Phi) is 7.68. The molecule has 2 amide bonds. The minimum atomic E-state index is -0.626. The maximum atomic E-state index is 12.6. The van der Waals surface area contributed by atoms with Gasteiger partial charge in [0, 0.05) is 24.3 Å². The van der Waals surface area contributed by atoms with Gasteiger partial charge in [0.2, 0.25) is 5.91 Å². The van der Waals surface area contributed by atoms with Gasteiger partial charge in [-0.25, -0.2) is 0 Å². The third-order valence-electron chi connectivity index (χ3n) is 6.03. The fourth-order valence-corrected chi connectivity index (χ4v) is 4.12. The molecule has 3 aromatic rings. The molecule has 4 rings (SSSR count). The topological polar surface area (TPSA) is 84.9 Å². The Morgan fingerprint density at radius 1 is 1.03 bits per heavy atom.